The van der Waals surface area contributed by atoms with Crippen molar-refractivity contribution in [1.29, 1.82) is 0 Å². The molecule has 0 saturated carbocycles. The summed E-state index contributed by atoms with van der Waals surface area (Å²) in [5, 5.41) is 11.8. The minimum Gasteiger partial charge on any atom is -0.318 e. The number of halogens is 1. The highest BCUT2D eigenvalue weighted by Crippen LogP contribution is 2.46. The van der Waals surface area contributed by atoms with Crippen LogP contribution in [0.15, 0.2) is 194 Å². The van der Waals surface area contributed by atoms with Crippen LogP contribution in [0.25, 0.3) is 11.0 Å². The number of nitrogens with two attached hydrogens (primary N) is 1. The van der Waals surface area contributed by atoms with E-state index in [1.54, 1.807) is 0 Å². The van der Waals surface area contributed by atoms with E-state index in [0.717, 1.165) is 43.9 Å². The third kappa shape index (κ3) is 6.94. The van der Waals surface area contributed by atoms with E-state index in [1.807, 2.05) is 115 Å². The molecule has 6 nitrogen and oxygen atoms in total. The van der Waals surface area contributed by atoms with Gasteiger partial charge in [-0.15, -0.1) is 10.2 Å². The van der Waals surface area contributed by atoms with Crippen molar-refractivity contribution in [3.63, 3.8) is 0 Å². The van der Waals surface area contributed by atoms with Gasteiger partial charge in [-0.2, -0.15) is 0 Å². The van der Waals surface area contributed by atoms with Crippen LogP contribution < -0.4 is 10.2 Å². The van der Waals surface area contributed by atoms with Crippen LogP contribution in [0.4, 0.5) is 0 Å². The van der Waals surface area contributed by atoms with Crippen LogP contribution in [0.2, 0.25) is 5.02 Å². The summed E-state index contributed by atoms with van der Waals surface area (Å²) in [6.45, 7) is 2.08. The van der Waals surface area contributed by atoms with Gasteiger partial charge < -0.3 is 5.32 Å². The monoisotopic (exact) mass is 739 g/mol. The quantitative estimate of drug-likeness (QED) is 0.127. The van der Waals surface area contributed by atoms with Crippen molar-refractivity contribution in [2.24, 2.45) is 0 Å². The maximum atomic E-state index is 15.3. The largest absolute Gasteiger partial charge is 0.393 e. The lowest BCUT2D eigenvalue weighted by Gasteiger charge is -2.41. The normalized spacial score (nSPS) is 13.2. The van der Waals surface area contributed by atoms with Gasteiger partial charge in [0.1, 0.15) is 11.0 Å². The number of rotatable bonds is 12. The first-order valence-electron chi connectivity index (χ1n) is 18.4. The molecule has 2 unspecified atom stereocenters. The van der Waals surface area contributed by atoms with Crippen LogP contribution in [0.3, 0.4) is 0 Å². The highest BCUT2D eigenvalue weighted by Gasteiger charge is 2.50. The number of carbonyl (C=O) groups is 1. The molecule has 0 aliphatic rings. The summed E-state index contributed by atoms with van der Waals surface area (Å²) >= 11 is 7.25. The Kier molecular flexibility index (Phi) is 10.1. The Morgan fingerprint density at radius 2 is 1.00 bits per heavy atom. The van der Waals surface area contributed by atoms with E-state index in [0.29, 0.717) is 16.1 Å². The van der Waals surface area contributed by atoms with Gasteiger partial charge in [-0.05, 0) is 41.8 Å². The second-order valence-electron chi connectivity index (χ2n) is 13.9. The summed E-state index contributed by atoms with van der Waals surface area (Å²) in [4.78, 5) is 22.5. The summed E-state index contributed by atoms with van der Waals surface area (Å²) < 4.78 is 0. The first-order valence-corrected chi connectivity index (χ1v) is 18.8. The van der Waals surface area contributed by atoms with E-state index in [4.69, 9.17) is 16.4 Å². The molecule has 0 aliphatic carbocycles. The number of aromatic nitrogens is 3. The molecule has 7 aromatic carbocycles. The topological polar surface area (TPSA) is 73.6 Å². The molecule has 2 N–H and O–H groups in total. The molecule has 0 spiro atoms. The van der Waals surface area contributed by atoms with E-state index in [-0.39, 0.29) is 6.42 Å². The Balaban J connectivity index is 1.39. The Bertz CT molecular complexity index is 2380. The molecule has 8 aromatic rings. The number of fused-ring (bicyclic) bond motifs is 1. The zero-order chi connectivity index (χ0) is 37.7. The van der Waals surface area contributed by atoms with Gasteiger partial charge in [0.15, 0.2) is 11.6 Å². The maximum absolute atomic E-state index is 15.3. The molecule has 0 saturated heterocycles. The summed E-state index contributed by atoms with van der Waals surface area (Å²) in [7, 11) is 0. The zero-order valence-electron chi connectivity index (χ0n) is 30.4. The van der Waals surface area contributed by atoms with Gasteiger partial charge in [-0.1, -0.05) is 193 Å². The maximum Gasteiger partial charge on any atom is 0.393 e. The molecule has 7 heteroatoms. The molecule has 0 fully saturated rings. The summed E-state index contributed by atoms with van der Waals surface area (Å²) in [5.41, 5.74) is 6.45. The van der Waals surface area contributed by atoms with Crippen LogP contribution in [0.5, 0.6) is 0 Å². The van der Waals surface area contributed by atoms with Crippen molar-refractivity contribution in [3.8, 4) is 0 Å². The number of hydrogen-bond donors (Lipinski definition) is 1. The number of quaternary nitrogens is 1. The van der Waals surface area contributed by atoms with Crippen molar-refractivity contribution < 1.29 is 14.9 Å². The molecule has 0 aliphatic heterocycles. The number of nitrogens with zero attached hydrogens (tertiary/aromatic N) is 3. The lowest BCUT2D eigenvalue weighted by molar-refractivity contribution is -0.738. The predicted octanol–water partition coefficient (Wildman–Crippen LogP) is 8.70. The second-order valence-corrected chi connectivity index (χ2v) is 14.3. The molecule has 1 aromatic heterocycles. The number of aryl methyl sites for hydroxylation is 1. The zero-order valence-corrected chi connectivity index (χ0v) is 31.1. The standard InChI is InChI=1S/C48H39ClN4O2/c1-35-30-32-37(33-31-35)47(36-18-6-2-7-19-36,41-26-14-15-27-42(41)49)34-45(46(54)55-53-51-43-28-16-17-29-44(43)52-53)50-48(38-20-8-3-9-21-38,39-22-10-4-11-23-39)40-24-12-5-13-25-40/h2-33,45,50H,34H2,1H3/p+1. The van der Waals surface area contributed by atoms with E-state index in [9.17, 15) is 0 Å². The summed E-state index contributed by atoms with van der Waals surface area (Å²) in [6.07, 6.45) is 0.262. The second kappa shape index (κ2) is 15.6. The van der Waals surface area contributed by atoms with Crippen LogP contribution in [0, 0.1) is 6.92 Å². The van der Waals surface area contributed by atoms with E-state index in [1.165, 1.54) is 0 Å². The summed E-state index contributed by atoms with van der Waals surface area (Å²) in [6, 6.07) is 64.4. The van der Waals surface area contributed by atoms with Crippen LogP contribution in [-0.2, 0) is 15.7 Å². The minimum atomic E-state index is -0.911. The molecule has 0 bridgehead atoms. The third-order valence-corrected chi connectivity index (χ3v) is 10.9. The van der Waals surface area contributed by atoms with Crippen molar-refractivity contribution in [2.45, 2.75) is 30.3 Å². The Morgan fingerprint density at radius 1 is 0.582 bits per heavy atom. The molecule has 55 heavy (non-hydrogen) atoms. The Morgan fingerprint density at radius 3 is 1.49 bits per heavy atom. The molecular weight excluding hydrogens is 700 g/mol. The Hall–Kier alpha value is -6.34. The lowest BCUT2D eigenvalue weighted by Crippen LogP contribution is -3.02. The van der Waals surface area contributed by atoms with Crippen molar-refractivity contribution in [1.82, 2.24) is 15.2 Å². The highest BCUT2D eigenvalue weighted by molar-refractivity contribution is 6.31. The molecular formula is C48H40ClN4O2+. The van der Waals surface area contributed by atoms with E-state index >= 15 is 4.79 Å². The average molecular weight is 740 g/mol. The lowest BCUT2D eigenvalue weighted by atomic mass is 9.65. The fourth-order valence-corrected chi connectivity index (χ4v) is 8.25. The Labute approximate surface area is 326 Å². The van der Waals surface area contributed by atoms with E-state index < -0.39 is 23.0 Å². The van der Waals surface area contributed by atoms with Crippen LogP contribution in [-0.4, -0.2) is 27.2 Å². The smallest absolute Gasteiger partial charge is 0.318 e. The van der Waals surface area contributed by atoms with Crippen molar-refractivity contribution in [2.75, 3.05) is 0 Å². The van der Waals surface area contributed by atoms with Crippen LogP contribution in [0.1, 0.15) is 45.4 Å². The number of benzene rings is 7. The number of carbonyl (C=O) groups excluding carboxylic acids is 1. The first kappa shape index (κ1) is 35.7. The molecule has 8 rings (SSSR count). The van der Waals surface area contributed by atoms with Gasteiger partial charge in [0.05, 0.1) is 5.41 Å². The highest BCUT2D eigenvalue weighted by atomic mass is 35.5. The van der Waals surface area contributed by atoms with Crippen molar-refractivity contribution in [3.05, 3.63) is 238 Å². The molecule has 0 radical (unpaired) electrons. The van der Waals surface area contributed by atoms with Crippen molar-refractivity contribution >= 4 is 28.6 Å². The third-order valence-electron chi connectivity index (χ3n) is 10.6. The predicted molar refractivity (Wildman–Crippen MR) is 218 cm³/mol. The minimum absolute atomic E-state index is 0.262. The molecule has 2 atom stereocenters. The first-order chi connectivity index (χ1) is 27.0. The van der Waals surface area contributed by atoms with E-state index in [2.05, 4.69) is 101 Å². The SMILES string of the molecule is Cc1ccc(C(CC([NH2+]C(c2ccccc2)(c2ccccc2)c2ccccc2)C(=O)On2nc3ccccc3n2)(c2ccccc2)c2ccccc2Cl)cc1. The van der Waals surface area contributed by atoms with Gasteiger partial charge in [-0.25, -0.2) is 4.79 Å². The van der Waals surface area contributed by atoms with Crippen LogP contribution >= 0.6 is 11.6 Å². The van der Waals surface area contributed by atoms with Gasteiger partial charge in [0, 0.05) is 33.1 Å². The van der Waals surface area contributed by atoms with Gasteiger partial charge in [0.25, 0.3) is 0 Å². The van der Waals surface area contributed by atoms with Gasteiger partial charge in [0.2, 0.25) is 0 Å². The fourth-order valence-electron chi connectivity index (χ4n) is 7.95. The van der Waals surface area contributed by atoms with Gasteiger partial charge in [-0.3, -0.25) is 4.84 Å². The van der Waals surface area contributed by atoms with Gasteiger partial charge >= 0.3 is 5.97 Å². The molecule has 270 valence electrons. The fraction of sp³-hybridized carbons (Fsp3) is 0.104. The molecule has 1 heterocycles. The molecule has 0 amide bonds. The number of hydrogen-bond acceptors (Lipinski definition) is 4. The summed E-state index contributed by atoms with van der Waals surface area (Å²) in [5.74, 6) is -0.507. The average Bonchev–Trinajstić information content (AvgIpc) is 3.65.